The van der Waals surface area contributed by atoms with E-state index in [1.54, 1.807) is 6.92 Å². The quantitative estimate of drug-likeness (QED) is 0.116. The van der Waals surface area contributed by atoms with Gasteiger partial charge in [0.15, 0.2) is 30.3 Å². The summed E-state index contributed by atoms with van der Waals surface area (Å²) in [5.41, 5.74) is 15.5. The van der Waals surface area contributed by atoms with Crippen molar-refractivity contribution in [3.8, 4) is 0 Å². The van der Waals surface area contributed by atoms with Crippen LogP contribution < -0.4 is 17.2 Å². The Labute approximate surface area is 223 Å². The standard InChI is InChI=1S/C22H41N3O14/c1-2-3-9(29)22(6-28)18(33)15(32)12(25)21(39-22)38-17-8(5-27)36-20(11(24)14(17)31)37-16-7(4-26)35-19(34)10(23)13(16)30/h7-8,10-21,26-28,30-34H,2-6,23-25H2,1H3/t7-,8-,10-,11-,12-,13-,14-,15-,16?,17?,18+,19-,20+,21+,22+/m1/s1. The summed E-state index contributed by atoms with van der Waals surface area (Å²) >= 11 is 0. The Bertz CT molecular complexity index is 810. The van der Waals surface area contributed by atoms with Crippen LogP contribution in [0.25, 0.3) is 0 Å². The predicted molar refractivity (Wildman–Crippen MR) is 126 cm³/mol. The number of hydrogen-bond acceptors (Lipinski definition) is 17. The van der Waals surface area contributed by atoms with E-state index in [-0.39, 0.29) is 6.42 Å². The van der Waals surface area contributed by atoms with Crippen LogP contribution in [0.2, 0.25) is 0 Å². The Morgan fingerprint density at radius 2 is 1.31 bits per heavy atom. The number of ether oxygens (including phenoxy) is 5. The molecule has 0 spiro atoms. The van der Waals surface area contributed by atoms with Crippen LogP contribution >= 0.6 is 0 Å². The van der Waals surface area contributed by atoms with E-state index in [1.807, 2.05) is 0 Å². The second-order valence-electron chi connectivity index (χ2n) is 10.0. The molecule has 39 heavy (non-hydrogen) atoms. The van der Waals surface area contributed by atoms with Gasteiger partial charge in [0.05, 0.1) is 37.9 Å². The largest absolute Gasteiger partial charge is 0.394 e. The van der Waals surface area contributed by atoms with Gasteiger partial charge < -0.3 is 81.7 Å². The first kappa shape index (κ1) is 32.5. The molecule has 0 aromatic carbocycles. The van der Waals surface area contributed by atoms with Crippen LogP contribution in [0, 0.1) is 0 Å². The highest BCUT2D eigenvalue weighted by Gasteiger charge is 2.58. The van der Waals surface area contributed by atoms with Crippen molar-refractivity contribution in [2.45, 2.75) is 111 Å². The van der Waals surface area contributed by atoms with Gasteiger partial charge in [0.2, 0.25) is 0 Å². The zero-order chi connectivity index (χ0) is 29.2. The highest BCUT2D eigenvalue weighted by molar-refractivity contribution is 5.88. The summed E-state index contributed by atoms with van der Waals surface area (Å²) in [7, 11) is 0. The Kier molecular flexibility index (Phi) is 11.1. The highest BCUT2D eigenvalue weighted by atomic mass is 16.7. The summed E-state index contributed by atoms with van der Waals surface area (Å²) in [6.45, 7) is -0.771. The molecule has 0 aromatic rings. The summed E-state index contributed by atoms with van der Waals surface area (Å²) in [4.78, 5) is 12.8. The fraction of sp³-hybridized carbons (Fsp3) is 0.955. The van der Waals surface area contributed by atoms with E-state index in [2.05, 4.69) is 0 Å². The van der Waals surface area contributed by atoms with Crippen molar-refractivity contribution < 1.29 is 69.3 Å². The van der Waals surface area contributed by atoms with E-state index in [0.717, 1.165) is 0 Å². The van der Waals surface area contributed by atoms with Gasteiger partial charge in [0.25, 0.3) is 0 Å². The first-order valence-electron chi connectivity index (χ1n) is 12.7. The van der Waals surface area contributed by atoms with E-state index >= 15 is 0 Å². The summed E-state index contributed by atoms with van der Waals surface area (Å²) in [5, 5.41) is 81.9. The first-order chi connectivity index (χ1) is 18.4. The van der Waals surface area contributed by atoms with Crippen LogP contribution in [0.1, 0.15) is 19.8 Å². The fourth-order valence-corrected chi connectivity index (χ4v) is 4.97. The maximum atomic E-state index is 12.8. The second kappa shape index (κ2) is 13.3. The lowest BCUT2D eigenvalue weighted by Gasteiger charge is -2.50. The summed E-state index contributed by atoms with van der Waals surface area (Å²) in [6, 6.07) is -4.17. The van der Waals surface area contributed by atoms with Gasteiger partial charge >= 0.3 is 0 Å². The zero-order valence-electron chi connectivity index (χ0n) is 21.4. The molecule has 228 valence electrons. The van der Waals surface area contributed by atoms with Crippen molar-refractivity contribution in [1.82, 2.24) is 0 Å². The molecular formula is C22H41N3O14. The third-order valence-electron chi connectivity index (χ3n) is 7.42. The zero-order valence-corrected chi connectivity index (χ0v) is 21.4. The van der Waals surface area contributed by atoms with E-state index in [0.29, 0.717) is 6.42 Å². The van der Waals surface area contributed by atoms with Gasteiger partial charge in [0, 0.05) is 6.42 Å². The van der Waals surface area contributed by atoms with Crippen molar-refractivity contribution in [2.24, 2.45) is 17.2 Å². The van der Waals surface area contributed by atoms with Crippen LogP contribution in [-0.4, -0.2) is 158 Å². The van der Waals surface area contributed by atoms with Crippen molar-refractivity contribution in [3.05, 3.63) is 0 Å². The third-order valence-corrected chi connectivity index (χ3v) is 7.42. The van der Waals surface area contributed by atoms with Gasteiger partial charge in [-0.25, -0.2) is 0 Å². The molecule has 3 saturated heterocycles. The Hall–Kier alpha value is -0.970. The SMILES string of the molecule is CCCC(=O)[C@]1(CO)O[C@H](OC2[C@@H](CO)O[C@@H](OC3[C@@H](CO)O[C@@H](O)[C@H](N)[C@H]3O)[C@H](N)[C@H]2O)[C@H](N)[C@@H](O)[C@@H]1O. The summed E-state index contributed by atoms with van der Waals surface area (Å²) < 4.78 is 27.9. The molecule has 3 aliphatic rings. The summed E-state index contributed by atoms with van der Waals surface area (Å²) in [6.07, 6.45) is -16.8. The van der Waals surface area contributed by atoms with E-state index < -0.39 is 117 Å². The number of carbonyl (C=O) groups is 1. The van der Waals surface area contributed by atoms with Gasteiger partial charge in [-0.2, -0.15) is 0 Å². The number of aliphatic hydroxyl groups excluding tert-OH is 8. The number of Topliss-reactive ketones (excluding diaryl/α,β-unsaturated/α-hetero) is 1. The normalized spacial score (nSPS) is 49.1. The predicted octanol–water partition coefficient (Wildman–Crippen LogP) is -6.93. The van der Waals surface area contributed by atoms with Crippen LogP contribution in [0.5, 0.6) is 0 Å². The molecule has 3 heterocycles. The Morgan fingerprint density at radius 3 is 1.85 bits per heavy atom. The number of hydrogen-bond donors (Lipinski definition) is 11. The minimum Gasteiger partial charge on any atom is -0.394 e. The molecule has 2 unspecified atom stereocenters. The lowest BCUT2D eigenvalue weighted by atomic mass is 9.81. The van der Waals surface area contributed by atoms with Crippen molar-refractivity contribution in [3.63, 3.8) is 0 Å². The maximum absolute atomic E-state index is 12.8. The van der Waals surface area contributed by atoms with Crippen molar-refractivity contribution >= 4 is 5.78 Å². The third kappa shape index (κ3) is 6.14. The minimum absolute atomic E-state index is 0.100. The smallest absolute Gasteiger partial charge is 0.180 e. The molecule has 0 amide bonds. The number of nitrogens with two attached hydrogens (primary N) is 3. The van der Waals surface area contributed by atoms with E-state index in [9.17, 15) is 45.6 Å². The van der Waals surface area contributed by atoms with E-state index in [4.69, 9.17) is 40.9 Å². The molecule has 0 saturated carbocycles. The topological polar surface area (TPSA) is 303 Å². The van der Waals surface area contributed by atoms with Gasteiger partial charge in [-0.3, -0.25) is 4.79 Å². The molecule has 3 rings (SSSR count). The molecule has 17 heteroatoms. The first-order valence-corrected chi connectivity index (χ1v) is 12.7. The van der Waals surface area contributed by atoms with Crippen LogP contribution in [0.15, 0.2) is 0 Å². The highest BCUT2D eigenvalue weighted by Crippen LogP contribution is 2.35. The fourth-order valence-electron chi connectivity index (χ4n) is 4.97. The molecular weight excluding hydrogens is 530 g/mol. The Morgan fingerprint density at radius 1 is 0.795 bits per heavy atom. The molecule has 0 aromatic heterocycles. The number of ketones is 1. The molecule has 0 bridgehead atoms. The lowest BCUT2D eigenvalue weighted by molar-refractivity contribution is -0.355. The monoisotopic (exact) mass is 571 g/mol. The molecule has 3 aliphatic heterocycles. The average molecular weight is 572 g/mol. The van der Waals surface area contributed by atoms with Gasteiger partial charge in [0.1, 0.15) is 48.8 Å². The lowest BCUT2D eigenvalue weighted by Crippen LogP contribution is -2.73. The molecule has 3 fully saturated rings. The van der Waals surface area contributed by atoms with Crippen LogP contribution in [0.4, 0.5) is 0 Å². The average Bonchev–Trinajstić information content (AvgIpc) is 2.92. The van der Waals surface area contributed by atoms with Crippen LogP contribution in [0.3, 0.4) is 0 Å². The molecule has 0 aliphatic carbocycles. The molecule has 17 nitrogen and oxygen atoms in total. The Balaban J connectivity index is 1.79. The van der Waals surface area contributed by atoms with E-state index in [1.165, 1.54) is 0 Å². The second-order valence-corrected chi connectivity index (χ2v) is 10.0. The minimum atomic E-state index is -2.27. The van der Waals surface area contributed by atoms with Crippen molar-refractivity contribution in [1.29, 1.82) is 0 Å². The number of aliphatic hydroxyl groups is 8. The van der Waals surface area contributed by atoms with Gasteiger partial charge in [-0.1, -0.05) is 6.92 Å². The maximum Gasteiger partial charge on any atom is 0.180 e. The van der Waals surface area contributed by atoms with Gasteiger partial charge in [-0.15, -0.1) is 0 Å². The summed E-state index contributed by atoms with van der Waals surface area (Å²) in [5.74, 6) is -0.709. The van der Waals surface area contributed by atoms with Crippen LogP contribution in [-0.2, 0) is 28.5 Å². The van der Waals surface area contributed by atoms with Gasteiger partial charge in [-0.05, 0) is 6.42 Å². The molecule has 14 N–H and O–H groups in total. The number of rotatable bonds is 10. The number of carbonyl (C=O) groups excluding carboxylic acids is 1. The molecule has 15 atom stereocenters. The van der Waals surface area contributed by atoms with Crippen molar-refractivity contribution in [2.75, 3.05) is 19.8 Å². The molecule has 0 radical (unpaired) electrons.